The van der Waals surface area contributed by atoms with Gasteiger partial charge in [-0.2, -0.15) is 5.10 Å². The number of rotatable bonds is 8. The van der Waals surface area contributed by atoms with Crippen LogP contribution < -0.4 is 20.1 Å². The number of nitrogens with zero attached hydrogens (tertiary/aromatic N) is 1. The van der Waals surface area contributed by atoms with Crippen LogP contribution in [0.2, 0.25) is 0 Å². The van der Waals surface area contributed by atoms with Gasteiger partial charge < -0.3 is 25.2 Å². The Morgan fingerprint density at radius 3 is 2.90 bits per heavy atom. The zero-order chi connectivity index (χ0) is 21.6. The number of methoxy groups -OCH3 is 1. The number of anilines is 1. The normalized spacial score (nSPS) is 15.2. The lowest BCUT2D eigenvalue weighted by atomic mass is 9.95. The van der Waals surface area contributed by atoms with Crippen LogP contribution in [0.1, 0.15) is 17.5 Å². The summed E-state index contributed by atoms with van der Waals surface area (Å²) in [6.07, 6.45) is 4.60. The maximum absolute atomic E-state index is 13.0. The maximum atomic E-state index is 13.0. The van der Waals surface area contributed by atoms with Gasteiger partial charge in [-0.15, -0.1) is 0 Å². The van der Waals surface area contributed by atoms with Crippen molar-refractivity contribution < 1.29 is 19.4 Å². The Hall–Kier alpha value is -3.36. The molecule has 0 aliphatic carbocycles. The zero-order valence-corrected chi connectivity index (χ0v) is 17.4. The van der Waals surface area contributed by atoms with E-state index in [1.807, 2.05) is 36.4 Å². The number of hydrogen-bond donors (Lipinski definition) is 4. The Labute approximate surface area is 180 Å². The molecule has 0 unspecified atom stereocenters. The van der Waals surface area contributed by atoms with Gasteiger partial charge in [0.25, 0.3) is 0 Å². The van der Waals surface area contributed by atoms with Crippen molar-refractivity contribution in [1.29, 1.82) is 0 Å². The number of H-pyrrole nitrogens is 1. The number of benzene rings is 2. The van der Waals surface area contributed by atoms with Crippen molar-refractivity contribution in [2.45, 2.75) is 25.4 Å². The maximum Gasteiger partial charge on any atom is 0.241 e. The van der Waals surface area contributed by atoms with Crippen LogP contribution in [-0.2, 0) is 17.8 Å². The molecule has 0 bridgehead atoms. The number of aliphatic hydroxyl groups is 1. The molecule has 31 heavy (non-hydrogen) atoms. The summed E-state index contributed by atoms with van der Waals surface area (Å²) in [6.45, 7) is 1.01. The Morgan fingerprint density at radius 2 is 2.13 bits per heavy atom. The van der Waals surface area contributed by atoms with Crippen LogP contribution in [-0.4, -0.2) is 47.6 Å². The summed E-state index contributed by atoms with van der Waals surface area (Å²) in [5.41, 5.74) is 4.70. The van der Waals surface area contributed by atoms with Crippen molar-refractivity contribution in [2.24, 2.45) is 0 Å². The number of aromatic nitrogens is 2. The van der Waals surface area contributed by atoms with Gasteiger partial charge in [0.15, 0.2) is 0 Å². The SMILES string of the molecule is COc1ccc2c(c1)C[C@H](C(=O)Nc1ccc(-c3cn[nH]c3)cc1OCCCO)NC2. The highest BCUT2D eigenvalue weighted by molar-refractivity contribution is 5.97. The van der Waals surface area contributed by atoms with Gasteiger partial charge in [0.05, 0.1) is 31.6 Å². The molecule has 1 aliphatic heterocycles. The van der Waals surface area contributed by atoms with Crippen molar-refractivity contribution in [3.8, 4) is 22.6 Å². The van der Waals surface area contributed by atoms with Gasteiger partial charge in [-0.05, 0) is 47.4 Å². The van der Waals surface area contributed by atoms with E-state index in [2.05, 4.69) is 20.8 Å². The minimum absolute atomic E-state index is 0.0397. The molecule has 1 aliphatic rings. The molecule has 8 nitrogen and oxygen atoms in total. The summed E-state index contributed by atoms with van der Waals surface area (Å²) in [5.74, 6) is 1.21. The number of amides is 1. The van der Waals surface area contributed by atoms with Crippen LogP contribution in [0.15, 0.2) is 48.8 Å². The number of carbonyl (C=O) groups excluding carboxylic acids is 1. The first-order valence-electron chi connectivity index (χ1n) is 10.2. The second kappa shape index (κ2) is 9.63. The highest BCUT2D eigenvalue weighted by atomic mass is 16.5. The third-order valence-electron chi connectivity index (χ3n) is 5.32. The Bertz CT molecular complexity index is 1040. The molecule has 162 valence electrons. The fourth-order valence-corrected chi connectivity index (χ4v) is 3.60. The zero-order valence-electron chi connectivity index (χ0n) is 17.4. The predicted octanol–water partition coefficient (Wildman–Crippen LogP) is 2.50. The summed E-state index contributed by atoms with van der Waals surface area (Å²) < 4.78 is 11.2. The Kier molecular flexibility index (Phi) is 6.49. The molecule has 3 aromatic rings. The second-order valence-corrected chi connectivity index (χ2v) is 7.39. The molecule has 4 N–H and O–H groups in total. The van der Waals surface area contributed by atoms with Gasteiger partial charge in [-0.3, -0.25) is 9.89 Å². The molecule has 0 fully saturated rings. The number of carbonyl (C=O) groups is 1. The predicted molar refractivity (Wildman–Crippen MR) is 117 cm³/mol. The fraction of sp³-hybridized carbons (Fsp3) is 0.304. The average molecular weight is 422 g/mol. The highest BCUT2D eigenvalue weighted by Crippen LogP contribution is 2.31. The molecule has 2 heterocycles. The molecule has 8 heteroatoms. The van der Waals surface area contributed by atoms with E-state index in [9.17, 15) is 4.79 Å². The van der Waals surface area contributed by atoms with Gasteiger partial charge in [-0.25, -0.2) is 0 Å². The van der Waals surface area contributed by atoms with Crippen molar-refractivity contribution in [2.75, 3.05) is 25.6 Å². The smallest absolute Gasteiger partial charge is 0.241 e. The lowest BCUT2D eigenvalue weighted by Crippen LogP contribution is -2.44. The van der Waals surface area contributed by atoms with E-state index in [-0.39, 0.29) is 18.6 Å². The molecule has 1 atom stereocenters. The van der Waals surface area contributed by atoms with Crippen LogP contribution in [0.5, 0.6) is 11.5 Å². The first-order valence-corrected chi connectivity index (χ1v) is 10.2. The number of aliphatic hydroxyl groups excluding tert-OH is 1. The van der Waals surface area contributed by atoms with Crippen LogP contribution in [0.3, 0.4) is 0 Å². The van der Waals surface area contributed by atoms with Gasteiger partial charge in [-0.1, -0.05) is 12.1 Å². The first-order chi connectivity index (χ1) is 15.2. The Balaban J connectivity index is 1.51. The monoisotopic (exact) mass is 422 g/mol. The molecule has 1 aromatic heterocycles. The average Bonchev–Trinajstić information content (AvgIpc) is 3.34. The highest BCUT2D eigenvalue weighted by Gasteiger charge is 2.25. The molecule has 0 saturated carbocycles. The lowest BCUT2D eigenvalue weighted by Gasteiger charge is -2.26. The van der Waals surface area contributed by atoms with Crippen LogP contribution in [0, 0.1) is 0 Å². The number of ether oxygens (including phenoxy) is 2. The summed E-state index contributed by atoms with van der Waals surface area (Å²) in [7, 11) is 1.64. The third kappa shape index (κ3) is 4.87. The largest absolute Gasteiger partial charge is 0.497 e. The molecule has 1 amide bonds. The standard InChI is InChI=1S/C23H26N4O4/c1-30-19-5-3-16-12-24-21(10-17(16)9-19)23(29)27-20-6-4-15(18-13-25-26-14-18)11-22(20)31-8-2-7-28/h3-6,9,11,13-14,21,24,28H,2,7-8,10,12H2,1H3,(H,25,26)(H,27,29)/t21-/m1/s1. The van der Waals surface area contributed by atoms with Gasteiger partial charge in [0.2, 0.25) is 5.91 Å². The molecule has 0 spiro atoms. The number of aromatic amines is 1. The van der Waals surface area contributed by atoms with E-state index in [4.69, 9.17) is 14.6 Å². The third-order valence-corrected chi connectivity index (χ3v) is 5.32. The molecule has 4 rings (SSSR count). The summed E-state index contributed by atoms with van der Waals surface area (Å²) >= 11 is 0. The fourth-order valence-electron chi connectivity index (χ4n) is 3.60. The van der Waals surface area contributed by atoms with Gasteiger partial charge >= 0.3 is 0 Å². The van der Waals surface area contributed by atoms with Crippen LogP contribution in [0.25, 0.3) is 11.1 Å². The summed E-state index contributed by atoms with van der Waals surface area (Å²) in [4.78, 5) is 13.0. The minimum atomic E-state index is -0.363. The van der Waals surface area contributed by atoms with E-state index in [1.165, 1.54) is 5.56 Å². The number of nitrogens with one attached hydrogen (secondary N) is 3. The van der Waals surface area contributed by atoms with Crippen molar-refractivity contribution in [3.05, 3.63) is 59.9 Å². The van der Waals surface area contributed by atoms with E-state index >= 15 is 0 Å². The molecule has 0 radical (unpaired) electrons. The van der Waals surface area contributed by atoms with Crippen LogP contribution >= 0.6 is 0 Å². The summed E-state index contributed by atoms with van der Waals surface area (Å²) in [6, 6.07) is 11.2. The molecule has 2 aromatic carbocycles. The van der Waals surface area contributed by atoms with Gasteiger partial charge in [0, 0.05) is 31.3 Å². The van der Waals surface area contributed by atoms with Gasteiger partial charge in [0.1, 0.15) is 11.5 Å². The van der Waals surface area contributed by atoms with E-state index in [1.54, 1.807) is 19.5 Å². The molecular weight excluding hydrogens is 396 g/mol. The minimum Gasteiger partial charge on any atom is -0.497 e. The number of fused-ring (bicyclic) bond motifs is 1. The van der Waals surface area contributed by atoms with E-state index < -0.39 is 0 Å². The number of hydrogen-bond acceptors (Lipinski definition) is 6. The second-order valence-electron chi connectivity index (χ2n) is 7.39. The Morgan fingerprint density at radius 1 is 1.23 bits per heavy atom. The van der Waals surface area contributed by atoms with Crippen LogP contribution in [0.4, 0.5) is 5.69 Å². The van der Waals surface area contributed by atoms with E-state index in [0.717, 1.165) is 22.4 Å². The molecular formula is C23H26N4O4. The molecule has 0 saturated heterocycles. The quantitative estimate of drug-likeness (QED) is 0.416. The first kappa shape index (κ1) is 20.9. The van der Waals surface area contributed by atoms with Crippen molar-refractivity contribution in [1.82, 2.24) is 15.5 Å². The topological polar surface area (TPSA) is 108 Å². The summed E-state index contributed by atoms with van der Waals surface area (Å²) in [5, 5.41) is 22.1. The van der Waals surface area contributed by atoms with E-state index in [0.29, 0.717) is 37.4 Å². The van der Waals surface area contributed by atoms with Crippen molar-refractivity contribution >= 4 is 11.6 Å². The van der Waals surface area contributed by atoms with Crippen molar-refractivity contribution in [3.63, 3.8) is 0 Å². The lowest BCUT2D eigenvalue weighted by molar-refractivity contribution is -0.118.